The lowest BCUT2D eigenvalue weighted by Gasteiger charge is -2.29. The van der Waals surface area contributed by atoms with Crippen molar-refractivity contribution >= 4 is 40.5 Å². The van der Waals surface area contributed by atoms with E-state index in [0.717, 1.165) is 17.0 Å². The van der Waals surface area contributed by atoms with Crippen LogP contribution in [0.15, 0.2) is 55.1 Å². The third kappa shape index (κ3) is 4.78. The van der Waals surface area contributed by atoms with Crippen molar-refractivity contribution in [2.75, 3.05) is 9.80 Å². The van der Waals surface area contributed by atoms with Gasteiger partial charge in [-0.2, -0.15) is 18.4 Å². The second kappa shape index (κ2) is 9.79. The van der Waals surface area contributed by atoms with E-state index >= 15 is 4.39 Å². The van der Waals surface area contributed by atoms with Crippen molar-refractivity contribution < 1.29 is 27.2 Å². The molecule has 1 aliphatic heterocycles. The maximum atomic E-state index is 15.0. The van der Waals surface area contributed by atoms with Gasteiger partial charge in [0, 0.05) is 30.2 Å². The molecule has 0 atom stereocenters. The minimum absolute atomic E-state index is 0.145. The number of thiocarbonyl (C=S) groups is 1. The molecule has 0 saturated carbocycles. The standard InChI is InChI=1S/C25H18F4N6O2S/c1-24(2)22(37)34(17-5-3-14(9-30)19(7-17)25(27,28)29)23(38)35(24)18-6-4-15(20(26)8-18)12-33-21(36)16-10-31-13-32-11-16/h3-8,10-11,13H,12H2,1-2H3,(H,33,36). The van der Waals surface area contributed by atoms with Gasteiger partial charge in [0.1, 0.15) is 17.7 Å². The fourth-order valence-corrected chi connectivity index (χ4v) is 4.49. The molecule has 0 aliphatic carbocycles. The van der Waals surface area contributed by atoms with E-state index in [1.165, 1.54) is 61.7 Å². The highest BCUT2D eigenvalue weighted by atomic mass is 32.1. The normalized spacial score (nSPS) is 15.0. The van der Waals surface area contributed by atoms with Crippen molar-refractivity contribution in [1.29, 1.82) is 5.26 Å². The number of aromatic nitrogens is 2. The number of carbonyl (C=O) groups is 2. The zero-order chi connectivity index (χ0) is 27.8. The molecule has 194 valence electrons. The van der Waals surface area contributed by atoms with Crippen LogP contribution in [0.5, 0.6) is 0 Å². The Labute approximate surface area is 219 Å². The number of rotatable bonds is 5. The fraction of sp³-hybridized carbons (Fsp3) is 0.200. The Balaban J connectivity index is 1.62. The van der Waals surface area contributed by atoms with Crippen molar-refractivity contribution in [3.63, 3.8) is 0 Å². The Morgan fingerprint density at radius 3 is 2.39 bits per heavy atom. The SMILES string of the molecule is CC1(C)C(=O)N(c2ccc(C#N)c(C(F)(F)F)c2)C(=S)N1c1ccc(CNC(=O)c2cncnc2)c(F)c1. The van der Waals surface area contributed by atoms with E-state index < -0.39 is 40.5 Å². The van der Waals surface area contributed by atoms with Crippen LogP contribution in [0.25, 0.3) is 0 Å². The van der Waals surface area contributed by atoms with Crippen molar-refractivity contribution in [2.24, 2.45) is 0 Å². The number of hydrogen-bond acceptors (Lipinski definition) is 6. The average molecular weight is 543 g/mol. The number of amides is 2. The first-order valence-electron chi connectivity index (χ1n) is 11.0. The highest BCUT2D eigenvalue weighted by molar-refractivity contribution is 7.81. The summed E-state index contributed by atoms with van der Waals surface area (Å²) in [7, 11) is 0. The van der Waals surface area contributed by atoms with Gasteiger partial charge in [0.15, 0.2) is 5.11 Å². The molecule has 2 aromatic carbocycles. The number of hydrogen-bond donors (Lipinski definition) is 1. The van der Waals surface area contributed by atoms with Crippen molar-refractivity contribution in [2.45, 2.75) is 32.1 Å². The quantitative estimate of drug-likeness (QED) is 0.378. The van der Waals surface area contributed by atoms with Gasteiger partial charge in [-0.05, 0) is 56.4 Å². The molecule has 13 heteroatoms. The predicted octanol–water partition coefficient (Wildman–Crippen LogP) is 4.35. The molecule has 38 heavy (non-hydrogen) atoms. The monoisotopic (exact) mass is 542 g/mol. The number of nitrogens with zero attached hydrogens (tertiary/aromatic N) is 5. The first-order chi connectivity index (χ1) is 17.9. The number of alkyl halides is 3. The third-order valence-electron chi connectivity index (χ3n) is 5.91. The highest BCUT2D eigenvalue weighted by Gasteiger charge is 2.50. The van der Waals surface area contributed by atoms with Gasteiger partial charge < -0.3 is 10.2 Å². The lowest BCUT2D eigenvalue weighted by molar-refractivity contribution is -0.137. The molecule has 1 aromatic heterocycles. The van der Waals surface area contributed by atoms with E-state index in [4.69, 9.17) is 17.5 Å². The van der Waals surface area contributed by atoms with Gasteiger partial charge in [-0.15, -0.1) is 0 Å². The number of anilines is 2. The third-order valence-corrected chi connectivity index (χ3v) is 6.28. The lowest BCUT2D eigenvalue weighted by Crippen LogP contribution is -2.44. The van der Waals surface area contributed by atoms with Gasteiger partial charge in [-0.1, -0.05) is 6.07 Å². The average Bonchev–Trinajstić information content (AvgIpc) is 3.05. The van der Waals surface area contributed by atoms with Crippen LogP contribution in [0, 0.1) is 17.1 Å². The molecule has 2 amide bonds. The molecule has 0 radical (unpaired) electrons. The van der Waals surface area contributed by atoms with Crippen LogP contribution in [0.4, 0.5) is 28.9 Å². The Bertz CT molecular complexity index is 1490. The summed E-state index contributed by atoms with van der Waals surface area (Å²) in [6.45, 7) is 2.86. The zero-order valence-electron chi connectivity index (χ0n) is 19.9. The second-order valence-corrected chi connectivity index (χ2v) is 9.11. The maximum absolute atomic E-state index is 15.0. The van der Waals surface area contributed by atoms with Crippen LogP contribution in [0.3, 0.4) is 0 Å². The van der Waals surface area contributed by atoms with E-state index in [2.05, 4.69) is 15.3 Å². The summed E-state index contributed by atoms with van der Waals surface area (Å²) >= 11 is 5.46. The molecule has 3 aromatic rings. The predicted molar refractivity (Wildman–Crippen MR) is 132 cm³/mol. The minimum Gasteiger partial charge on any atom is -0.348 e. The van der Waals surface area contributed by atoms with Crippen molar-refractivity contribution in [3.05, 3.63) is 83.2 Å². The second-order valence-electron chi connectivity index (χ2n) is 8.74. The van der Waals surface area contributed by atoms with Crippen molar-refractivity contribution in [3.8, 4) is 6.07 Å². The number of nitrogens with one attached hydrogen (secondary N) is 1. The molecule has 4 rings (SSSR count). The van der Waals surface area contributed by atoms with E-state index in [9.17, 15) is 22.8 Å². The molecule has 1 N–H and O–H groups in total. The summed E-state index contributed by atoms with van der Waals surface area (Å²) in [4.78, 5) is 35.3. The van der Waals surface area contributed by atoms with E-state index in [0.29, 0.717) is 6.07 Å². The first-order valence-corrected chi connectivity index (χ1v) is 11.4. The number of benzene rings is 2. The summed E-state index contributed by atoms with van der Waals surface area (Å²) in [6.07, 6.45) is -0.941. The van der Waals surface area contributed by atoms with Crippen molar-refractivity contribution in [1.82, 2.24) is 15.3 Å². The largest absolute Gasteiger partial charge is 0.417 e. The zero-order valence-corrected chi connectivity index (χ0v) is 20.7. The summed E-state index contributed by atoms with van der Waals surface area (Å²) in [5.41, 5.74) is -2.82. The summed E-state index contributed by atoms with van der Waals surface area (Å²) in [6, 6.07) is 8.35. The Kier molecular flexibility index (Phi) is 6.86. The van der Waals surface area contributed by atoms with Crippen LogP contribution in [0.2, 0.25) is 0 Å². The Hall–Kier alpha value is -4.44. The molecule has 8 nitrogen and oxygen atoms in total. The molecule has 2 heterocycles. The van der Waals surface area contributed by atoms with Gasteiger partial charge in [-0.25, -0.2) is 14.4 Å². The number of carbonyl (C=O) groups excluding carboxylic acids is 2. The Morgan fingerprint density at radius 1 is 1.13 bits per heavy atom. The highest BCUT2D eigenvalue weighted by Crippen LogP contribution is 2.39. The molecular formula is C25H18F4N6O2S. The summed E-state index contributed by atoms with van der Waals surface area (Å²) < 4.78 is 55.5. The minimum atomic E-state index is -4.83. The molecule has 0 unspecified atom stereocenters. The van der Waals surface area contributed by atoms with E-state index in [-0.39, 0.29) is 34.2 Å². The first kappa shape index (κ1) is 26.6. The van der Waals surface area contributed by atoms with E-state index in [1.807, 2.05) is 0 Å². The van der Waals surface area contributed by atoms with Crippen LogP contribution in [-0.4, -0.2) is 32.4 Å². The number of halogens is 4. The molecule has 1 aliphatic rings. The van der Waals surface area contributed by atoms with Crippen LogP contribution < -0.4 is 15.1 Å². The van der Waals surface area contributed by atoms with Crippen LogP contribution in [-0.2, 0) is 17.5 Å². The number of nitriles is 1. The molecule has 0 bridgehead atoms. The molecule has 1 fully saturated rings. The van der Waals surface area contributed by atoms with Gasteiger partial charge in [0.2, 0.25) is 0 Å². The smallest absolute Gasteiger partial charge is 0.348 e. The summed E-state index contributed by atoms with van der Waals surface area (Å²) in [5, 5.41) is 11.5. The maximum Gasteiger partial charge on any atom is 0.417 e. The topological polar surface area (TPSA) is 102 Å². The van der Waals surface area contributed by atoms with Crippen LogP contribution in [0.1, 0.15) is 40.9 Å². The fourth-order valence-electron chi connectivity index (χ4n) is 3.97. The molecule has 1 saturated heterocycles. The van der Waals surface area contributed by atoms with E-state index in [1.54, 1.807) is 0 Å². The van der Waals surface area contributed by atoms with Gasteiger partial charge >= 0.3 is 6.18 Å². The van der Waals surface area contributed by atoms with Gasteiger partial charge in [0.05, 0.1) is 28.4 Å². The lowest BCUT2D eigenvalue weighted by atomic mass is 10.0. The van der Waals surface area contributed by atoms with Gasteiger partial charge in [0.25, 0.3) is 11.8 Å². The summed E-state index contributed by atoms with van der Waals surface area (Å²) in [5.74, 6) is -1.84. The van der Waals surface area contributed by atoms with Gasteiger partial charge in [-0.3, -0.25) is 14.5 Å². The Morgan fingerprint density at radius 2 is 1.79 bits per heavy atom. The molecule has 0 spiro atoms. The molecular weight excluding hydrogens is 524 g/mol. The van der Waals surface area contributed by atoms with Crippen LogP contribution >= 0.6 is 12.2 Å².